The van der Waals surface area contributed by atoms with Gasteiger partial charge in [-0.3, -0.25) is 23.5 Å². The van der Waals surface area contributed by atoms with Crippen molar-refractivity contribution in [1.29, 1.82) is 0 Å². The summed E-state index contributed by atoms with van der Waals surface area (Å²) in [6.07, 6.45) is 8.11. The van der Waals surface area contributed by atoms with Gasteiger partial charge in [-0.2, -0.15) is 19.4 Å². The maximum absolute atomic E-state index is 14.7. The molecular weight excluding hydrogens is 698 g/mol. The van der Waals surface area contributed by atoms with E-state index in [2.05, 4.69) is 31.3 Å². The van der Waals surface area contributed by atoms with Crippen LogP contribution in [-0.2, 0) is 37.7 Å². The molecule has 5 atom stereocenters. The number of carbonyl (C=O) groups is 3. The number of nitrogens with zero attached hydrogens (tertiary/aromatic N) is 4. The normalized spacial score (nSPS) is 22.4. The van der Waals surface area contributed by atoms with Crippen LogP contribution >= 0.6 is 7.75 Å². The number of aromatic nitrogens is 4. The van der Waals surface area contributed by atoms with Crippen molar-refractivity contribution in [2.24, 2.45) is 11.8 Å². The van der Waals surface area contributed by atoms with Gasteiger partial charge in [0, 0.05) is 12.3 Å². The average molecular weight is 743 g/mol. The summed E-state index contributed by atoms with van der Waals surface area (Å²) >= 11 is 0. The number of amides is 1. The molecule has 1 aliphatic heterocycles. The summed E-state index contributed by atoms with van der Waals surface area (Å²) in [6, 6.07) is 7.05. The lowest BCUT2D eigenvalue weighted by molar-refractivity contribution is -0.162. The van der Waals surface area contributed by atoms with Crippen LogP contribution in [0.5, 0.6) is 5.75 Å². The SMILES string of the molecule is C#C[C@]1(COP(=O)(N[C@@H](C)C(=O)OC2CCCCC2)Oc2ccccc2)O[C@@H](n2cnc3c(NC(=O)C(C)C)nc(F)nc32)C[C@@H]1OC(=O)C(C)C. The number of ether oxygens (including phenoxy) is 3. The molecule has 3 aromatic rings. The van der Waals surface area contributed by atoms with Crippen molar-refractivity contribution in [1.82, 2.24) is 24.6 Å². The number of esters is 2. The van der Waals surface area contributed by atoms with Crippen LogP contribution in [0.25, 0.3) is 11.2 Å². The quantitative estimate of drug-likeness (QED) is 0.0918. The van der Waals surface area contributed by atoms with Gasteiger partial charge < -0.3 is 24.1 Å². The van der Waals surface area contributed by atoms with E-state index in [1.807, 2.05) is 0 Å². The number of hydrogen-bond acceptors (Lipinski definition) is 12. The van der Waals surface area contributed by atoms with Crippen molar-refractivity contribution in [2.75, 3.05) is 11.9 Å². The zero-order valence-electron chi connectivity index (χ0n) is 29.7. The molecule has 2 aliphatic rings. The number of hydrogen-bond donors (Lipinski definition) is 2. The highest BCUT2D eigenvalue weighted by Gasteiger charge is 2.53. The molecule has 2 aromatic heterocycles. The molecule has 0 bridgehead atoms. The van der Waals surface area contributed by atoms with Crippen LogP contribution in [0, 0.1) is 30.3 Å². The number of nitrogens with one attached hydrogen (secondary N) is 2. The Morgan fingerprint density at radius 3 is 2.42 bits per heavy atom. The minimum absolute atomic E-state index is 0.0377. The molecule has 1 aromatic carbocycles. The molecule has 0 spiro atoms. The molecule has 52 heavy (non-hydrogen) atoms. The molecule has 1 saturated carbocycles. The van der Waals surface area contributed by atoms with Crippen molar-refractivity contribution in [3.8, 4) is 18.1 Å². The second-order valence-electron chi connectivity index (χ2n) is 13.5. The van der Waals surface area contributed by atoms with E-state index in [-0.39, 0.29) is 35.3 Å². The zero-order valence-corrected chi connectivity index (χ0v) is 30.6. The number of rotatable bonds is 14. The van der Waals surface area contributed by atoms with E-state index in [9.17, 15) is 23.3 Å². The van der Waals surface area contributed by atoms with Crippen LogP contribution in [0.1, 0.15) is 79.4 Å². The van der Waals surface area contributed by atoms with Gasteiger partial charge in [-0.1, -0.05) is 58.2 Å². The summed E-state index contributed by atoms with van der Waals surface area (Å²) in [5.74, 6) is -0.0839. The van der Waals surface area contributed by atoms with Crippen molar-refractivity contribution >= 4 is 42.6 Å². The van der Waals surface area contributed by atoms with Crippen LogP contribution in [0.3, 0.4) is 0 Å². The molecule has 17 heteroatoms. The van der Waals surface area contributed by atoms with Crippen molar-refractivity contribution in [3.63, 3.8) is 0 Å². The molecule has 3 heterocycles. The summed E-state index contributed by atoms with van der Waals surface area (Å²) in [4.78, 5) is 50.3. The molecule has 1 aliphatic carbocycles. The van der Waals surface area contributed by atoms with Gasteiger partial charge in [-0.05, 0) is 44.7 Å². The Balaban J connectivity index is 1.44. The Labute approximate surface area is 301 Å². The van der Waals surface area contributed by atoms with Gasteiger partial charge in [0.15, 0.2) is 22.6 Å². The van der Waals surface area contributed by atoms with E-state index < -0.39 is 74.1 Å². The van der Waals surface area contributed by atoms with Gasteiger partial charge in [-0.25, -0.2) is 9.55 Å². The van der Waals surface area contributed by atoms with E-state index in [1.54, 1.807) is 58.0 Å². The zero-order chi connectivity index (χ0) is 37.6. The Hall–Kier alpha value is -4.42. The van der Waals surface area contributed by atoms with E-state index in [4.69, 9.17) is 29.7 Å². The number of imidazole rings is 1. The van der Waals surface area contributed by atoms with Crippen molar-refractivity contribution in [2.45, 2.75) is 103 Å². The highest BCUT2D eigenvalue weighted by Crippen LogP contribution is 2.48. The first kappa shape index (κ1) is 38.8. The number of terminal acetylenes is 1. The molecule has 2 fully saturated rings. The van der Waals surface area contributed by atoms with Crippen LogP contribution in [0.15, 0.2) is 36.7 Å². The maximum atomic E-state index is 14.7. The topological polar surface area (TPSA) is 182 Å². The van der Waals surface area contributed by atoms with Gasteiger partial charge in [0.1, 0.15) is 36.8 Å². The molecule has 1 saturated heterocycles. The van der Waals surface area contributed by atoms with Crippen molar-refractivity contribution in [3.05, 3.63) is 42.7 Å². The Morgan fingerprint density at radius 1 is 1.06 bits per heavy atom. The summed E-state index contributed by atoms with van der Waals surface area (Å²) in [5, 5.41) is 5.22. The summed E-state index contributed by atoms with van der Waals surface area (Å²) in [7, 11) is -4.44. The molecule has 1 amide bonds. The highest BCUT2D eigenvalue weighted by molar-refractivity contribution is 7.52. The predicted molar refractivity (Wildman–Crippen MR) is 186 cm³/mol. The van der Waals surface area contributed by atoms with Gasteiger partial charge in [-0.15, -0.1) is 6.42 Å². The lowest BCUT2D eigenvalue weighted by atomic mass is 9.98. The van der Waals surface area contributed by atoms with Crippen LogP contribution in [0.4, 0.5) is 10.2 Å². The highest BCUT2D eigenvalue weighted by atomic mass is 31.2. The minimum atomic E-state index is -4.44. The Bertz CT molecular complexity index is 1850. The first-order valence-electron chi connectivity index (χ1n) is 17.3. The third-order valence-corrected chi connectivity index (χ3v) is 10.3. The molecular formula is C35H44FN6O9P. The molecule has 2 N–H and O–H groups in total. The lowest BCUT2D eigenvalue weighted by Gasteiger charge is -2.31. The van der Waals surface area contributed by atoms with Crippen molar-refractivity contribution < 1.29 is 46.6 Å². The standard InChI is InChI=1S/C35H44FN6O9P/c1-7-35(19-47-52(46,51-25-16-12-9-13-17-25)41-23(6)33(45)48-24-14-10-8-11-15-24)26(49-32(44)22(4)5)18-27(50-35)42-20-37-28-29(38-31(43)21(2)3)39-34(36)40-30(28)42/h1,9,12-13,16-17,20-24,26-27H,8,10-11,14-15,18-19H2,2-6H3,(H,41,46)(H,38,39,40,43)/t23-,26-,27+,35+,52?/m0/s1. The molecule has 1 unspecified atom stereocenters. The second kappa shape index (κ2) is 16.5. The fraction of sp³-hybridized carbons (Fsp3) is 0.543. The third kappa shape index (κ3) is 9.14. The molecule has 5 rings (SSSR count). The second-order valence-corrected chi connectivity index (χ2v) is 15.1. The molecule has 280 valence electrons. The molecule has 0 radical (unpaired) electrons. The maximum Gasteiger partial charge on any atom is 0.459 e. The third-order valence-electron chi connectivity index (χ3n) is 8.68. The van der Waals surface area contributed by atoms with Gasteiger partial charge >= 0.3 is 25.8 Å². The number of para-hydroxylation sites is 1. The smallest absolute Gasteiger partial charge is 0.459 e. The summed E-state index contributed by atoms with van der Waals surface area (Å²) in [6.45, 7) is 7.43. The Kier molecular flexibility index (Phi) is 12.3. The first-order valence-corrected chi connectivity index (χ1v) is 18.8. The Morgan fingerprint density at radius 2 is 1.77 bits per heavy atom. The van der Waals surface area contributed by atoms with Crippen LogP contribution in [-0.4, -0.2) is 67.8 Å². The number of halogens is 1. The summed E-state index contributed by atoms with van der Waals surface area (Å²) < 4.78 is 60.1. The van der Waals surface area contributed by atoms with E-state index >= 15 is 0 Å². The number of carbonyl (C=O) groups excluding carboxylic acids is 3. The lowest BCUT2D eigenvalue weighted by Crippen LogP contribution is -2.46. The average Bonchev–Trinajstić information content (AvgIpc) is 3.69. The fourth-order valence-electron chi connectivity index (χ4n) is 5.70. The van der Waals surface area contributed by atoms with Crippen LogP contribution < -0.4 is 14.9 Å². The van der Waals surface area contributed by atoms with E-state index in [0.717, 1.165) is 32.1 Å². The first-order chi connectivity index (χ1) is 24.7. The van der Waals surface area contributed by atoms with E-state index in [1.165, 1.54) is 17.8 Å². The minimum Gasteiger partial charge on any atom is -0.461 e. The van der Waals surface area contributed by atoms with Gasteiger partial charge in [0.05, 0.1) is 12.2 Å². The van der Waals surface area contributed by atoms with Gasteiger partial charge in [0.2, 0.25) is 5.91 Å². The largest absolute Gasteiger partial charge is 0.461 e. The van der Waals surface area contributed by atoms with E-state index in [0.29, 0.717) is 0 Å². The monoisotopic (exact) mass is 742 g/mol. The number of benzene rings is 1. The fourth-order valence-corrected chi connectivity index (χ4v) is 7.23. The summed E-state index contributed by atoms with van der Waals surface area (Å²) in [5.41, 5.74) is -1.84. The number of anilines is 1. The van der Waals surface area contributed by atoms with Crippen LogP contribution in [0.2, 0.25) is 0 Å². The number of fused-ring (bicyclic) bond motifs is 1. The predicted octanol–water partition coefficient (Wildman–Crippen LogP) is 5.48. The van der Waals surface area contributed by atoms with Gasteiger partial charge in [0.25, 0.3) is 0 Å². The molecule has 15 nitrogen and oxygen atoms in total.